The number of hydrogen-bond acceptors (Lipinski definition) is 4. The number of aromatic hydroxyl groups is 1. The maximum absolute atomic E-state index is 11.2. The van der Waals surface area contributed by atoms with Crippen LogP contribution in [0.5, 0.6) is 5.75 Å². The second kappa shape index (κ2) is 7.70. The minimum absolute atomic E-state index is 0.00142. The molecule has 0 unspecified atom stereocenters. The third-order valence-electron chi connectivity index (χ3n) is 2.16. The predicted molar refractivity (Wildman–Crippen MR) is 69.1 cm³/mol. The quantitative estimate of drug-likeness (QED) is 0.347. The van der Waals surface area contributed by atoms with Crippen LogP contribution in [-0.4, -0.2) is 35.0 Å². The molecule has 7 nitrogen and oxygen atoms in total. The molecule has 0 bridgehead atoms. The molecule has 0 fully saturated rings. The number of nitrogens with zero attached hydrogens (tertiary/aromatic N) is 1. The number of hydrogen-bond donors (Lipinski definition) is 4. The van der Waals surface area contributed by atoms with E-state index in [9.17, 15) is 14.7 Å². The van der Waals surface area contributed by atoms with Gasteiger partial charge in [0.25, 0.3) is 0 Å². The Balaban J connectivity index is 2.27. The summed E-state index contributed by atoms with van der Waals surface area (Å²) in [6.45, 7) is 0.254. The topological polar surface area (TPSA) is 111 Å². The van der Waals surface area contributed by atoms with Crippen molar-refractivity contribution in [1.82, 2.24) is 10.7 Å². The van der Waals surface area contributed by atoms with Gasteiger partial charge in [-0.05, 0) is 18.6 Å². The summed E-state index contributed by atoms with van der Waals surface area (Å²) in [6, 6.07) is 6.03. The molecule has 0 heterocycles. The fourth-order valence-electron chi connectivity index (χ4n) is 1.24. The number of phenols is 1. The monoisotopic (exact) mass is 265 g/mol. The highest BCUT2D eigenvalue weighted by molar-refractivity contribution is 5.84. The molecule has 0 aliphatic carbocycles. The van der Waals surface area contributed by atoms with E-state index in [1.54, 1.807) is 18.2 Å². The average Bonchev–Trinajstić information content (AvgIpc) is 2.37. The molecule has 0 aromatic heterocycles. The average molecular weight is 265 g/mol. The molecule has 19 heavy (non-hydrogen) atoms. The van der Waals surface area contributed by atoms with Crippen LogP contribution in [0.25, 0.3) is 0 Å². The minimum atomic E-state index is -0.903. The van der Waals surface area contributed by atoms with Crippen molar-refractivity contribution >= 4 is 18.2 Å². The first-order valence-electron chi connectivity index (χ1n) is 5.66. The van der Waals surface area contributed by atoms with Crippen molar-refractivity contribution in [3.8, 4) is 5.75 Å². The summed E-state index contributed by atoms with van der Waals surface area (Å²) in [5, 5.41) is 23.9. The second-order valence-corrected chi connectivity index (χ2v) is 3.68. The van der Waals surface area contributed by atoms with E-state index in [2.05, 4.69) is 15.8 Å². The van der Waals surface area contributed by atoms with Gasteiger partial charge in [0, 0.05) is 18.5 Å². The lowest BCUT2D eigenvalue weighted by molar-refractivity contribution is -0.137. The Morgan fingerprint density at radius 3 is 2.74 bits per heavy atom. The van der Waals surface area contributed by atoms with Crippen molar-refractivity contribution in [2.24, 2.45) is 5.10 Å². The van der Waals surface area contributed by atoms with Gasteiger partial charge in [0.1, 0.15) is 5.75 Å². The first kappa shape index (κ1) is 14.5. The lowest BCUT2D eigenvalue weighted by Crippen LogP contribution is -2.33. The zero-order chi connectivity index (χ0) is 14.1. The van der Waals surface area contributed by atoms with Crippen LogP contribution in [0.2, 0.25) is 0 Å². The van der Waals surface area contributed by atoms with Crippen LogP contribution < -0.4 is 10.7 Å². The largest absolute Gasteiger partial charge is 0.507 e. The number of aliphatic carboxylic acids is 1. The number of carboxylic acids is 1. The molecule has 2 amide bonds. The van der Waals surface area contributed by atoms with Crippen LogP contribution in [0.4, 0.5) is 4.79 Å². The molecule has 102 valence electrons. The van der Waals surface area contributed by atoms with Crippen LogP contribution in [0.3, 0.4) is 0 Å². The predicted octanol–water partition coefficient (Wildman–Crippen LogP) is 0.890. The van der Waals surface area contributed by atoms with Gasteiger partial charge in [0.05, 0.1) is 6.21 Å². The van der Waals surface area contributed by atoms with Crippen molar-refractivity contribution in [2.75, 3.05) is 6.54 Å². The number of carbonyl (C=O) groups is 2. The summed E-state index contributed by atoms with van der Waals surface area (Å²) in [6.07, 6.45) is 1.67. The number of carboxylic acid groups (broad SMARTS) is 1. The molecule has 0 aliphatic rings. The summed E-state index contributed by atoms with van der Waals surface area (Å²) >= 11 is 0. The van der Waals surface area contributed by atoms with Gasteiger partial charge in [-0.1, -0.05) is 12.1 Å². The summed E-state index contributed by atoms with van der Waals surface area (Å²) in [5.41, 5.74) is 2.69. The molecule has 0 saturated heterocycles. The SMILES string of the molecule is O=C(O)CCCNC(=O)N/N=C/c1ccccc1O. The molecule has 1 aromatic rings. The van der Waals surface area contributed by atoms with Gasteiger partial charge in [0.2, 0.25) is 0 Å². The fourth-order valence-corrected chi connectivity index (χ4v) is 1.24. The Bertz CT molecular complexity index is 474. The van der Waals surface area contributed by atoms with Crippen molar-refractivity contribution in [3.05, 3.63) is 29.8 Å². The molecule has 0 saturated carbocycles. The highest BCUT2D eigenvalue weighted by Crippen LogP contribution is 2.12. The molecule has 0 spiro atoms. The van der Waals surface area contributed by atoms with Gasteiger partial charge >= 0.3 is 12.0 Å². The van der Waals surface area contributed by atoms with Crippen LogP contribution in [0.1, 0.15) is 18.4 Å². The van der Waals surface area contributed by atoms with Gasteiger partial charge in [0.15, 0.2) is 0 Å². The Morgan fingerprint density at radius 2 is 2.05 bits per heavy atom. The van der Waals surface area contributed by atoms with Crippen LogP contribution in [0.15, 0.2) is 29.4 Å². The molecular formula is C12H15N3O4. The Morgan fingerprint density at radius 1 is 1.32 bits per heavy atom. The van der Waals surface area contributed by atoms with E-state index in [1.807, 2.05) is 0 Å². The highest BCUT2D eigenvalue weighted by atomic mass is 16.4. The van der Waals surface area contributed by atoms with Crippen LogP contribution in [-0.2, 0) is 4.79 Å². The number of phenolic OH excluding ortho intramolecular Hbond substituents is 1. The maximum Gasteiger partial charge on any atom is 0.335 e. The zero-order valence-electron chi connectivity index (χ0n) is 10.2. The molecule has 0 radical (unpaired) electrons. The number of urea groups is 1. The molecule has 1 aromatic carbocycles. The van der Waals surface area contributed by atoms with Crippen molar-refractivity contribution in [3.63, 3.8) is 0 Å². The molecule has 0 aliphatic heterocycles. The number of amides is 2. The third-order valence-corrected chi connectivity index (χ3v) is 2.16. The lowest BCUT2D eigenvalue weighted by atomic mass is 10.2. The number of nitrogens with one attached hydrogen (secondary N) is 2. The van der Waals surface area contributed by atoms with E-state index in [0.29, 0.717) is 12.0 Å². The Hall–Kier alpha value is -2.57. The smallest absolute Gasteiger partial charge is 0.335 e. The lowest BCUT2D eigenvalue weighted by Gasteiger charge is -2.02. The van der Waals surface area contributed by atoms with Gasteiger partial charge in [-0.3, -0.25) is 4.79 Å². The van der Waals surface area contributed by atoms with Crippen molar-refractivity contribution in [1.29, 1.82) is 0 Å². The zero-order valence-corrected chi connectivity index (χ0v) is 10.2. The Kier molecular flexibility index (Phi) is 5.87. The first-order valence-corrected chi connectivity index (χ1v) is 5.66. The van der Waals surface area contributed by atoms with Crippen molar-refractivity contribution in [2.45, 2.75) is 12.8 Å². The minimum Gasteiger partial charge on any atom is -0.507 e. The molecular weight excluding hydrogens is 250 g/mol. The van der Waals surface area contributed by atoms with Crippen LogP contribution >= 0.6 is 0 Å². The normalized spacial score (nSPS) is 10.3. The summed E-state index contributed by atoms with van der Waals surface area (Å²) in [4.78, 5) is 21.4. The third kappa shape index (κ3) is 6.06. The van der Waals surface area contributed by atoms with E-state index in [-0.39, 0.29) is 18.7 Å². The molecule has 1 rings (SSSR count). The second-order valence-electron chi connectivity index (χ2n) is 3.68. The number of carbonyl (C=O) groups excluding carboxylic acids is 1. The summed E-state index contributed by atoms with van der Waals surface area (Å²) < 4.78 is 0. The molecule has 7 heteroatoms. The van der Waals surface area contributed by atoms with Gasteiger partial charge in [-0.15, -0.1) is 0 Å². The standard InChI is InChI=1S/C12H15N3O4/c16-10-5-2-1-4-9(10)8-14-15-12(19)13-7-3-6-11(17)18/h1-2,4-5,8,16H,3,6-7H2,(H,17,18)(H2,13,15,19)/b14-8+. The molecule has 0 atom stereocenters. The van der Waals surface area contributed by atoms with E-state index < -0.39 is 12.0 Å². The number of hydrazone groups is 1. The van der Waals surface area contributed by atoms with E-state index in [0.717, 1.165) is 0 Å². The Labute approximate surface area is 109 Å². The van der Waals surface area contributed by atoms with E-state index in [4.69, 9.17) is 5.11 Å². The maximum atomic E-state index is 11.2. The highest BCUT2D eigenvalue weighted by Gasteiger charge is 2.00. The first-order chi connectivity index (χ1) is 9.09. The number of para-hydroxylation sites is 1. The number of rotatable bonds is 6. The van der Waals surface area contributed by atoms with Crippen molar-refractivity contribution < 1.29 is 19.8 Å². The summed E-state index contributed by atoms with van der Waals surface area (Å²) in [5.74, 6) is -0.838. The summed E-state index contributed by atoms with van der Waals surface area (Å²) in [7, 11) is 0. The van der Waals surface area contributed by atoms with E-state index >= 15 is 0 Å². The fraction of sp³-hybridized carbons (Fsp3) is 0.250. The van der Waals surface area contributed by atoms with Gasteiger partial charge in [-0.25, -0.2) is 10.2 Å². The van der Waals surface area contributed by atoms with Gasteiger partial charge < -0.3 is 15.5 Å². The molecule has 4 N–H and O–H groups in total. The van der Waals surface area contributed by atoms with Crippen LogP contribution in [0, 0.1) is 0 Å². The number of benzene rings is 1. The van der Waals surface area contributed by atoms with Gasteiger partial charge in [-0.2, -0.15) is 5.10 Å². The van der Waals surface area contributed by atoms with E-state index in [1.165, 1.54) is 12.3 Å².